The molecule has 0 atom stereocenters. The summed E-state index contributed by atoms with van der Waals surface area (Å²) in [5.41, 5.74) is 2.07. The number of carbonyl (C=O) groups excluding carboxylic acids is 1. The summed E-state index contributed by atoms with van der Waals surface area (Å²) in [6.07, 6.45) is 1.08. The average molecular weight is 312 g/mol. The van der Waals surface area contributed by atoms with Crippen LogP contribution in [-0.2, 0) is 11.2 Å². The van der Waals surface area contributed by atoms with Crippen LogP contribution in [0.1, 0.15) is 15.9 Å². The minimum Gasteiger partial charge on any atom is -0.506 e. The van der Waals surface area contributed by atoms with Crippen molar-refractivity contribution in [3.8, 4) is 5.75 Å². The van der Waals surface area contributed by atoms with E-state index in [2.05, 4.69) is 10.3 Å². The van der Waals surface area contributed by atoms with Gasteiger partial charge in [-0.3, -0.25) is 9.59 Å². The van der Waals surface area contributed by atoms with Crippen LogP contribution in [0, 0.1) is 0 Å². The summed E-state index contributed by atoms with van der Waals surface area (Å²) < 4.78 is 5.10. The third-order valence-electron chi connectivity index (χ3n) is 3.26. The second kappa shape index (κ2) is 5.80. The maximum Gasteiger partial charge on any atom is 0.307 e. The lowest BCUT2D eigenvalue weighted by Gasteiger charge is -2.09. The van der Waals surface area contributed by atoms with Gasteiger partial charge in [-0.25, -0.2) is 4.98 Å². The fourth-order valence-electron chi connectivity index (χ4n) is 2.16. The molecule has 0 spiro atoms. The summed E-state index contributed by atoms with van der Waals surface area (Å²) in [7, 11) is 0. The van der Waals surface area contributed by atoms with Gasteiger partial charge in [0.25, 0.3) is 5.91 Å². The van der Waals surface area contributed by atoms with Crippen LogP contribution in [-0.4, -0.2) is 27.1 Å². The van der Waals surface area contributed by atoms with Crippen molar-refractivity contribution in [1.82, 2.24) is 4.98 Å². The molecule has 0 saturated heterocycles. The summed E-state index contributed by atoms with van der Waals surface area (Å²) >= 11 is 0. The van der Waals surface area contributed by atoms with E-state index in [4.69, 9.17) is 9.52 Å². The van der Waals surface area contributed by atoms with Crippen molar-refractivity contribution in [3.63, 3.8) is 0 Å². The number of hydrogen-bond donors (Lipinski definition) is 3. The highest BCUT2D eigenvalue weighted by atomic mass is 16.4. The number of fused-ring (bicyclic) bond motifs is 1. The van der Waals surface area contributed by atoms with Crippen LogP contribution >= 0.6 is 0 Å². The van der Waals surface area contributed by atoms with Gasteiger partial charge in [0.1, 0.15) is 11.3 Å². The molecule has 0 unspecified atom stereocenters. The predicted octanol–water partition coefficient (Wildman–Crippen LogP) is 2.41. The summed E-state index contributed by atoms with van der Waals surface area (Å²) in [6, 6.07) is 9.01. The van der Waals surface area contributed by atoms with Crippen LogP contribution < -0.4 is 5.32 Å². The van der Waals surface area contributed by atoms with Crippen molar-refractivity contribution in [2.45, 2.75) is 6.42 Å². The number of aliphatic carboxylic acids is 1. The molecule has 0 fully saturated rings. The van der Waals surface area contributed by atoms with Gasteiger partial charge in [-0.1, -0.05) is 6.07 Å². The molecule has 7 heteroatoms. The molecule has 7 nitrogen and oxygen atoms in total. The van der Waals surface area contributed by atoms with Gasteiger partial charge in [-0.05, 0) is 35.9 Å². The summed E-state index contributed by atoms with van der Waals surface area (Å²) in [5, 5.41) is 21.2. The molecule has 0 bridgehead atoms. The van der Waals surface area contributed by atoms with Crippen LogP contribution in [0.5, 0.6) is 5.75 Å². The van der Waals surface area contributed by atoms with E-state index in [1.165, 1.54) is 24.6 Å². The van der Waals surface area contributed by atoms with Gasteiger partial charge in [0, 0.05) is 5.56 Å². The second-order valence-corrected chi connectivity index (χ2v) is 4.91. The van der Waals surface area contributed by atoms with Gasteiger partial charge in [0.05, 0.1) is 12.1 Å². The van der Waals surface area contributed by atoms with Gasteiger partial charge in [0.15, 0.2) is 12.0 Å². The number of carboxylic acids is 1. The molecule has 0 aliphatic rings. The smallest absolute Gasteiger partial charge is 0.307 e. The maximum atomic E-state index is 12.3. The van der Waals surface area contributed by atoms with Crippen LogP contribution in [0.15, 0.2) is 47.2 Å². The third kappa shape index (κ3) is 3.13. The monoisotopic (exact) mass is 312 g/mol. The highest BCUT2D eigenvalue weighted by Gasteiger charge is 2.12. The lowest BCUT2D eigenvalue weighted by molar-refractivity contribution is -0.136. The number of carboxylic acid groups (broad SMARTS) is 1. The normalized spacial score (nSPS) is 10.6. The van der Waals surface area contributed by atoms with Gasteiger partial charge in [-0.15, -0.1) is 0 Å². The van der Waals surface area contributed by atoms with E-state index in [0.717, 1.165) is 0 Å². The first kappa shape index (κ1) is 14.6. The Bertz CT molecular complexity index is 900. The molecule has 3 N–H and O–H groups in total. The van der Waals surface area contributed by atoms with E-state index >= 15 is 0 Å². The molecule has 2 aromatic carbocycles. The van der Waals surface area contributed by atoms with Crippen LogP contribution in [0.2, 0.25) is 0 Å². The largest absolute Gasteiger partial charge is 0.506 e. The zero-order valence-corrected chi connectivity index (χ0v) is 11.8. The zero-order chi connectivity index (χ0) is 16.4. The number of hydrogen-bond acceptors (Lipinski definition) is 5. The van der Waals surface area contributed by atoms with E-state index in [9.17, 15) is 14.7 Å². The first-order chi connectivity index (χ1) is 11.0. The van der Waals surface area contributed by atoms with Crippen LogP contribution in [0.4, 0.5) is 5.69 Å². The van der Waals surface area contributed by atoms with E-state index in [0.29, 0.717) is 22.2 Å². The van der Waals surface area contributed by atoms with E-state index in [-0.39, 0.29) is 17.9 Å². The van der Waals surface area contributed by atoms with Crippen molar-refractivity contribution in [1.29, 1.82) is 0 Å². The number of nitrogens with zero attached hydrogens (tertiary/aromatic N) is 1. The number of benzene rings is 2. The minimum atomic E-state index is -0.996. The number of aromatic nitrogens is 1. The molecule has 0 radical (unpaired) electrons. The lowest BCUT2D eigenvalue weighted by Crippen LogP contribution is -2.12. The van der Waals surface area contributed by atoms with E-state index in [1.54, 1.807) is 18.2 Å². The fraction of sp³-hybridized carbons (Fsp3) is 0.0625. The Morgan fingerprint density at radius 3 is 2.78 bits per heavy atom. The van der Waals surface area contributed by atoms with Gasteiger partial charge < -0.3 is 19.9 Å². The molecule has 0 aliphatic heterocycles. The Morgan fingerprint density at radius 1 is 1.17 bits per heavy atom. The Balaban J connectivity index is 1.85. The predicted molar refractivity (Wildman–Crippen MR) is 81.4 cm³/mol. The Kier molecular flexibility index (Phi) is 3.68. The number of amides is 1. The zero-order valence-electron chi connectivity index (χ0n) is 11.8. The Hall–Kier alpha value is -3.35. The summed E-state index contributed by atoms with van der Waals surface area (Å²) in [5.74, 6) is -1.59. The molecule has 1 amide bonds. The Labute approximate surface area is 130 Å². The SMILES string of the molecule is O=C(O)Cc1ccc(O)c(NC(=O)c2ccc3ocnc3c2)c1. The second-order valence-electron chi connectivity index (χ2n) is 4.91. The fourth-order valence-corrected chi connectivity index (χ4v) is 2.16. The minimum absolute atomic E-state index is 0.144. The average Bonchev–Trinajstić information content (AvgIpc) is 2.97. The summed E-state index contributed by atoms with van der Waals surface area (Å²) in [6.45, 7) is 0. The molecule has 116 valence electrons. The molecule has 3 rings (SSSR count). The van der Waals surface area contributed by atoms with Crippen molar-refractivity contribution in [3.05, 3.63) is 53.9 Å². The van der Waals surface area contributed by atoms with Crippen molar-refractivity contribution < 1.29 is 24.2 Å². The molecule has 23 heavy (non-hydrogen) atoms. The first-order valence-electron chi connectivity index (χ1n) is 6.71. The topological polar surface area (TPSA) is 113 Å². The number of phenols is 1. The van der Waals surface area contributed by atoms with Gasteiger partial charge in [0.2, 0.25) is 0 Å². The highest BCUT2D eigenvalue weighted by molar-refractivity contribution is 6.06. The highest BCUT2D eigenvalue weighted by Crippen LogP contribution is 2.25. The molecule has 1 heterocycles. The van der Waals surface area contributed by atoms with Crippen molar-refractivity contribution in [2.24, 2.45) is 0 Å². The molecular weight excluding hydrogens is 300 g/mol. The third-order valence-corrected chi connectivity index (χ3v) is 3.26. The lowest BCUT2D eigenvalue weighted by atomic mass is 10.1. The molecular formula is C16H12N2O5. The quantitative estimate of drug-likeness (QED) is 0.638. The maximum absolute atomic E-state index is 12.3. The van der Waals surface area contributed by atoms with Gasteiger partial charge >= 0.3 is 5.97 Å². The number of phenolic OH excluding ortho intramolecular Hbond substituents is 1. The number of nitrogens with one attached hydrogen (secondary N) is 1. The van der Waals surface area contributed by atoms with E-state index in [1.807, 2.05) is 0 Å². The van der Waals surface area contributed by atoms with Crippen molar-refractivity contribution >= 4 is 28.7 Å². The van der Waals surface area contributed by atoms with Crippen LogP contribution in [0.3, 0.4) is 0 Å². The molecule has 1 aromatic heterocycles. The standard InChI is InChI=1S/C16H12N2O5/c19-13-3-1-9(6-15(20)21)5-11(13)18-16(22)10-2-4-14-12(7-10)17-8-23-14/h1-5,7-8,19H,6H2,(H,18,22)(H,20,21). The number of aromatic hydroxyl groups is 1. The van der Waals surface area contributed by atoms with Crippen LogP contribution in [0.25, 0.3) is 11.1 Å². The number of carbonyl (C=O) groups is 2. The van der Waals surface area contributed by atoms with Crippen molar-refractivity contribution in [2.75, 3.05) is 5.32 Å². The molecule has 3 aromatic rings. The molecule has 0 saturated carbocycles. The van der Waals surface area contributed by atoms with E-state index < -0.39 is 11.9 Å². The number of rotatable bonds is 4. The Morgan fingerprint density at radius 2 is 2.00 bits per heavy atom. The summed E-state index contributed by atoms with van der Waals surface area (Å²) in [4.78, 5) is 27.0. The number of anilines is 1. The molecule has 0 aliphatic carbocycles. The first-order valence-corrected chi connectivity index (χ1v) is 6.71. The van der Waals surface area contributed by atoms with Gasteiger partial charge in [-0.2, -0.15) is 0 Å². The number of oxazole rings is 1.